The summed E-state index contributed by atoms with van der Waals surface area (Å²) in [5.74, 6) is -1.06. The summed E-state index contributed by atoms with van der Waals surface area (Å²) in [4.78, 5) is 0. The molecule has 2 nitrogen and oxygen atoms in total. The molecule has 17 heavy (non-hydrogen) atoms. The smallest absolute Gasteiger partial charge is 0.334 e. The standard InChI is InChI=1S/C12H18F2O2Si/c1-15-17(3,16-2)6-4-5-10-7-11(13)9-12(14)8-10/h7-9H,4-6H2,1-3H3. The van der Waals surface area contributed by atoms with Gasteiger partial charge in [0.05, 0.1) is 0 Å². The molecule has 0 aliphatic carbocycles. The topological polar surface area (TPSA) is 18.5 Å². The number of hydrogen-bond acceptors (Lipinski definition) is 2. The summed E-state index contributed by atoms with van der Waals surface area (Å²) in [5, 5.41) is 0. The molecule has 0 saturated heterocycles. The van der Waals surface area contributed by atoms with E-state index in [9.17, 15) is 8.78 Å². The first-order chi connectivity index (χ1) is 7.99. The molecule has 1 rings (SSSR count). The fourth-order valence-corrected chi connectivity index (χ4v) is 3.05. The van der Waals surface area contributed by atoms with Crippen LogP contribution in [0, 0.1) is 11.6 Å². The average molecular weight is 260 g/mol. The van der Waals surface area contributed by atoms with Crippen molar-refractivity contribution in [3.63, 3.8) is 0 Å². The van der Waals surface area contributed by atoms with Gasteiger partial charge >= 0.3 is 8.56 Å². The SMILES string of the molecule is CO[Si](C)(CCCc1cc(F)cc(F)c1)OC. The third kappa shape index (κ3) is 4.53. The number of benzene rings is 1. The molecule has 96 valence electrons. The fraction of sp³-hybridized carbons (Fsp3) is 0.500. The molecule has 0 spiro atoms. The quantitative estimate of drug-likeness (QED) is 0.731. The largest absolute Gasteiger partial charge is 0.398 e. The van der Waals surface area contributed by atoms with Gasteiger partial charge in [0.1, 0.15) is 11.6 Å². The molecule has 0 amide bonds. The minimum Gasteiger partial charge on any atom is -0.398 e. The van der Waals surface area contributed by atoms with Crippen LogP contribution in [-0.4, -0.2) is 22.8 Å². The van der Waals surface area contributed by atoms with Gasteiger partial charge in [-0.2, -0.15) is 0 Å². The van der Waals surface area contributed by atoms with Gasteiger partial charge in [0.25, 0.3) is 0 Å². The van der Waals surface area contributed by atoms with E-state index < -0.39 is 20.2 Å². The first-order valence-corrected chi connectivity index (χ1v) is 8.07. The molecular weight excluding hydrogens is 242 g/mol. The summed E-state index contributed by atoms with van der Waals surface area (Å²) in [5.41, 5.74) is 0.672. The normalized spacial score (nSPS) is 11.8. The summed E-state index contributed by atoms with van der Waals surface area (Å²) in [7, 11) is 1.21. The minimum absolute atomic E-state index is 0.529. The lowest BCUT2D eigenvalue weighted by atomic mass is 10.1. The maximum absolute atomic E-state index is 12.9. The van der Waals surface area contributed by atoms with E-state index in [2.05, 4.69) is 0 Å². The van der Waals surface area contributed by atoms with Gasteiger partial charge in [-0.25, -0.2) is 8.78 Å². The fourth-order valence-electron chi connectivity index (χ4n) is 1.66. The average Bonchev–Trinajstić information content (AvgIpc) is 2.27. The van der Waals surface area contributed by atoms with Crippen LogP contribution < -0.4 is 0 Å². The van der Waals surface area contributed by atoms with Crippen LogP contribution in [0.4, 0.5) is 8.78 Å². The lowest BCUT2D eigenvalue weighted by molar-refractivity contribution is 0.248. The summed E-state index contributed by atoms with van der Waals surface area (Å²) in [6, 6.07) is 4.41. The maximum Gasteiger partial charge on any atom is 0.334 e. The maximum atomic E-state index is 12.9. The van der Waals surface area contributed by atoms with Crippen molar-refractivity contribution in [1.29, 1.82) is 0 Å². The van der Waals surface area contributed by atoms with Crippen LogP contribution in [0.1, 0.15) is 12.0 Å². The molecule has 0 saturated carbocycles. The summed E-state index contributed by atoms with van der Waals surface area (Å²) in [6.07, 6.45) is 1.43. The molecule has 0 aliphatic heterocycles. The van der Waals surface area contributed by atoms with E-state index in [1.165, 1.54) is 12.1 Å². The van der Waals surface area contributed by atoms with Gasteiger partial charge in [-0.15, -0.1) is 0 Å². The first-order valence-electron chi connectivity index (χ1n) is 5.54. The monoisotopic (exact) mass is 260 g/mol. The predicted molar refractivity (Wildman–Crippen MR) is 65.1 cm³/mol. The van der Waals surface area contributed by atoms with Crippen LogP contribution in [-0.2, 0) is 15.3 Å². The highest BCUT2D eigenvalue weighted by atomic mass is 28.4. The Labute approximate surface area is 102 Å². The van der Waals surface area contributed by atoms with Crippen LogP contribution >= 0.6 is 0 Å². The van der Waals surface area contributed by atoms with Crippen molar-refractivity contribution in [2.24, 2.45) is 0 Å². The van der Waals surface area contributed by atoms with Crippen molar-refractivity contribution in [2.45, 2.75) is 25.4 Å². The van der Waals surface area contributed by atoms with E-state index >= 15 is 0 Å². The van der Waals surface area contributed by atoms with Gasteiger partial charge in [-0.1, -0.05) is 0 Å². The van der Waals surface area contributed by atoms with Gasteiger partial charge in [-0.05, 0) is 43.1 Å². The molecule has 0 bridgehead atoms. The predicted octanol–water partition coefficient (Wildman–Crippen LogP) is 3.26. The summed E-state index contributed by atoms with van der Waals surface area (Å²) in [6.45, 7) is 1.97. The van der Waals surface area contributed by atoms with E-state index in [1.54, 1.807) is 14.2 Å². The van der Waals surface area contributed by atoms with Crippen LogP contribution in [0.3, 0.4) is 0 Å². The Balaban J connectivity index is 2.51. The van der Waals surface area contributed by atoms with E-state index in [-0.39, 0.29) is 0 Å². The minimum atomic E-state index is -2.07. The van der Waals surface area contributed by atoms with Crippen LogP contribution in [0.2, 0.25) is 12.6 Å². The van der Waals surface area contributed by atoms with Crippen LogP contribution in [0.25, 0.3) is 0 Å². The summed E-state index contributed by atoms with van der Waals surface area (Å²) >= 11 is 0. The highest BCUT2D eigenvalue weighted by Crippen LogP contribution is 2.17. The highest BCUT2D eigenvalue weighted by molar-refractivity contribution is 6.65. The highest BCUT2D eigenvalue weighted by Gasteiger charge is 2.27. The Kier molecular flexibility index (Phi) is 5.23. The van der Waals surface area contributed by atoms with Crippen LogP contribution in [0.15, 0.2) is 18.2 Å². The van der Waals surface area contributed by atoms with E-state index in [1.807, 2.05) is 6.55 Å². The zero-order valence-corrected chi connectivity index (χ0v) is 11.4. The van der Waals surface area contributed by atoms with Crippen molar-refractivity contribution in [2.75, 3.05) is 14.2 Å². The van der Waals surface area contributed by atoms with Crippen molar-refractivity contribution in [1.82, 2.24) is 0 Å². The summed E-state index contributed by atoms with van der Waals surface area (Å²) < 4.78 is 36.6. The molecule has 1 aromatic carbocycles. The zero-order valence-electron chi connectivity index (χ0n) is 10.4. The molecule has 0 radical (unpaired) electrons. The van der Waals surface area contributed by atoms with Gasteiger partial charge in [0, 0.05) is 20.3 Å². The number of hydrogen-bond donors (Lipinski definition) is 0. The lowest BCUT2D eigenvalue weighted by Crippen LogP contribution is -2.35. The van der Waals surface area contributed by atoms with Crippen molar-refractivity contribution in [3.05, 3.63) is 35.4 Å². The van der Waals surface area contributed by atoms with Gasteiger partial charge < -0.3 is 8.85 Å². The van der Waals surface area contributed by atoms with Crippen LogP contribution in [0.5, 0.6) is 0 Å². The van der Waals surface area contributed by atoms with E-state index in [4.69, 9.17) is 8.85 Å². The second-order valence-electron chi connectivity index (χ2n) is 4.17. The number of rotatable bonds is 6. The Morgan fingerprint density at radius 1 is 1.06 bits per heavy atom. The van der Waals surface area contributed by atoms with Gasteiger partial charge in [-0.3, -0.25) is 0 Å². The second kappa shape index (κ2) is 6.23. The Hall–Kier alpha value is -0.783. The first kappa shape index (κ1) is 14.3. The zero-order chi connectivity index (χ0) is 12.9. The van der Waals surface area contributed by atoms with Crippen molar-refractivity contribution in [3.8, 4) is 0 Å². The molecule has 5 heteroatoms. The lowest BCUT2D eigenvalue weighted by Gasteiger charge is -2.22. The van der Waals surface area contributed by atoms with E-state index in [0.717, 1.165) is 18.5 Å². The molecule has 0 aromatic heterocycles. The third-order valence-electron chi connectivity index (χ3n) is 2.88. The molecule has 0 unspecified atom stereocenters. The molecule has 0 aliphatic rings. The third-order valence-corrected chi connectivity index (χ3v) is 5.87. The Morgan fingerprint density at radius 3 is 2.06 bits per heavy atom. The Morgan fingerprint density at radius 2 is 1.59 bits per heavy atom. The van der Waals surface area contributed by atoms with E-state index in [0.29, 0.717) is 12.0 Å². The second-order valence-corrected chi connectivity index (χ2v) is 7.76. The van der Waals surface area contributed by atoms with Crippen molar-refractivity contribution < 1.29 is 17.6 Å². The molecule has 0 heterocycles. The number of aryl methyl sites for hydroxylation is 1. The molecule has 0 N–H and O–H groups in total. The Bertz CT molecular complexity index is 347. The number of halogens is 2. The molecular formula is C12H18F2O2Si. The molecule has 0 atom stereocenters. The van der Waals surface area contributed by atoms with Gasteiger partial charge in [0.2, 0.25) is 0 Å². The molecule has 1 aromatic rings. The molecule has 0 fully saturated rings. The van der Waals surface area contributed by atoms with Crippen molar-refractivity contribution >= 4 is 8.56 Å². The van der Waals surface area contributed by atoms with Gasteiger partial charge in [0.15, 0.2) is 0 Å².